The zero-order valence-electron chi connectivity index (χ0n) is 15.8. The van der Waals surface area contributed by atoms with Crippen molar-refractivity contribution in [3.63, 3.8) is 0 Å². The van der Waals surface area contributed by atoms with Crippen molar-refractivity contribution >= 4 is 18.7 Å². The summed E-state index contributed by atoms with van der Waals surface area (Å²) in [7, 11) is -10.7. The van der Waals surface area contributed by atoms with E-state index in [2.05, 4.69) is 72.8 Å². The number of fused-ring (bicyclic) bond motifs is 1. The molecule has 0 radical (unpaired) electrons. The minimum atomic E-state index is -10.7. The molecule has 0 N–H and O–H groups in total. The van der Waals surface area contributed by atoms with E-state index in [1.807, 2.05) is 18.2 Å². The first-order valence-corrected chi connectivity index (χ1v) is 10.5. The largest absolute Gasteiger partial charge is 1.00 e. The van der Waals surface area contributed by atoms with Gasteiger partial charge in [-0.15, -0.1) is 0 Å². The summed E-state index contributed by atoms with van der Waals surface area (Å²) in [5.74, 6) is 0. The van der Waals surface area contributed by atoms with Crippen LogP contribution in [0.1, 0.15) is 1.43 Å². The van der Waals surface area contributed by atoms with Gasteiger partial charge in [0.25, 0.3) is 0 Å². The van der Waals surface area contributed by atoms with Gasteiger partial charge in [-0.1, -0.05) is 78.9 Å². The van der Waals surface area contributed by atoms with Gasteiger partial charge in [0.1, 0.15) is 0 Å². The summed E-state index contributed by atoms with van der Waals surface area (Å²) in [6.07, 6.45) is 0. The van der Waals surface area contributed by atoms with Crippen LogP contribution in [0.4, 0.5) is 25.2 Å². The fourth-order valence-corrected chi connectivity index (χ4v) is 2.77. The first-order chi connectivity index (χ1) is 13.4. The number of para-hydroxylation sites is 1. The van der Waals surface area contributed by atoms with Crippen LogP contribution >= 0.6 is 7.81 Å². The van der Waals surface area contributed by atoms with Crippen molar-refractivity contribution in [1.29, 1.82) is 0 Å². The SMILES string of the molecule is F[P-](F)(F)(F)(F)F.[H+].c1ccc(-c2cc3ccccc3nc2-c2ccccc2)cc1. The smallest absolute Gasteiger partial charge is 0.247 e. The van der Waals surface area contributed by atoms with Gasteiger partial charge in [0.15, 0.2) is 0 Å². The molecule has 3 aromatic carbocycles. The number of benzene rings is 3. The number of aromatic nitrogens is 1. The van der Waals surface area contributed by atoms with E-state index in [-0.39, 0.29) is 1.43 Å². The Hall–Kier alpha value is -2.92. The average Bonchev–Trinajstić information content (AvgIpc) is 2.66. The number of hydrogen-bond donors (Lipinski definition) is 0. The standard InChI is InChI=1S/C21H15N.F6P/c1-3-9-16(10-4-1)19-15-18-13-7-8-14-20(18)22-21(19)17-11-5-2-6-12-17;1-7(2,3,4,5)6/h1-15H;/q;-1/p+1. The third-order valence-electron chi connectivity index (χ3n) is 3.86. The van der Waals surface area contributed by atoms with Gasteiger partial charge in [0, 0.05) is 16.5 Å². The van der Waals surface area contributed by atoms with Crippen LogP contribution in [0.2, 0.25) is 0 Å². The van der Waals surface area contributed by atoms with E-state index < -0.39 is 7.81 Å². The first-order valence-electron chi connectivity index (χ1n) is 8.44. The Balaban J connectivity index is 0.000000350. The Bertz CT molecular complexity index is 1050. The van der Waals surface area contributed by atoms with Crippen LogP contribution in [-0.2, 0) is 0 Å². The fraction of sp³-hybridized carbons (Fsp3) is 0. The summed E-state index contributed by atoms with van der Waals surface area (Å²) in [5, 5.41) is 1.17. The molecule has 1 aromatic heterocycles. The van der Waals surface area contributed by atoms with Gasteiger partial charge in [-0.2, -0.15) is 0 Å². The Morgan fingerprint density at radius 3 is 1.59 bits per heavy atom. The monoisotopic (exact) mass is 427 g/mol. The van der Waals surface area contributed by atoms with Gasteiger partial charge in [-0.3, -0.25) is 0 Å². The zero-order valence-corrected chi connectivity index (χ0v) is 15.7. The van der Waals surface area contributed by atoms with Crippen molar-refractivity contribution in [3.8, 4) is 22.4 Å². The molecule has 0 saturated carbocycles. The minimum absolute atomic E-state index is 0. The summed E-state index contributed by atoms with van der Waals surface area (Å²) >= 11 is 0. The van der Waals surface area contributed by atoms with Crippen LogP contribution in [0.5, 0.6) is 0 Å². The average molecular weight is 427 g/mol. The van der Waals surface area contributed by atoms with Crippen LogP contribution < -0.4 is 0 Å². The second kappa shape index (κ2) is 6.85. The maximum absolute atomic E-state index is 10.7. The molecule has 0 amide bonds. The third-order valence-corrected chi connectivity index (χ3v) is 3.86. The molecule has 1 heterocycles. The first kappa shape index (κ1) is 20.8. The molecule has 152 valence electrons. The van der Waals surface area contributed by atoms with Gasteiger partial charge in [0.05, 0.1) is 11.2 Å². The molecule has 0 spiro atoms. The predicted octanol–water partition coefficient (Wildman–Crippen LogP) is 9.06. The molecule has 0 saturated heterocycles. The molecule has 0 fully saturated rings. The maximum Gasteiger partial charge on any atom is 1.00 e. The molecule has 4 aromatic rings. The summed E-state index contributed by atoms with van der Waals surface area (Å²) in [4.78, 5) is 4.92. The molecule has 4 rings (SSSR count). The van der Waals surface area contributed by atoms with Crippen LogP contribution in [0.3, 0.4) is 0 Å². The van der Waals surface area contributed by atoms with Crippen LogP contribution in [0.15, 0.2) is 91.0 Å². The van der Waals surface area contributed by atoms with Crippen LogP contribution in [-0.4, -0.2) is 4.98 Å². The fourth-order valence-electron chi connectivity index (χ4n) is 2.77. The number of hydrogen-bond acceptors (Lipinski definition) is 1. The van der Waals surface area contributed by atoms with E-state index in [0.29, 0.717) is 0 Å². The molecule has 8 heteroatoms. The molecular formula is C21H16F6NP. The van der Waals surface area contributed by atoms with E-state index in [4.69, 9.17) is 4.98 Å². The predicted molar refractivity (Wildman–Crippen MR) is 107 cm³/mol. The van der Waals surface area contributed by atoms with Crippen molar-refractivity contribution in [2.45, 2.75) is 0 Å². The molecule has 0 unspecified atom stereocenters. The maximum atomic E-state index is 9.87. The summed E-state index contributed by atoms with van der Waals surface area (Å²) < 4.78 is 59.2. The Labute approximate surface area is 164 Å². The van der Waals surface area contributed by atoms with Gasteiger partial charge in [-0.05, 0) is 17.7 Å². The number of pyridine rings is 1. The molecule has 0 aliphatic carbocycles. The topological polar surface area (TPSA) is 12.9 Å². The van der Waals surface area contributed by atoms with Crippen molar-refractivity contribution in [2.75, 3.05) is 0 Å². The molecule has 0 atom stereocenters. The van der Waals surface area contributed by atoms with Crippen LogP contribution in [0, 0.1) is 0 Å². The second-order valence-electron chi connectivity index (χ2n) is 6.27. The van der Waals surface area contributed by atoms with E-state index in [1.165, 1.54) is 16.5 Å². The van der Waals surface area contributed by atoms with E-state index in [1.54, 1.807) is 0 Å². The second-order valence-corrected chi connectivity index (χ2v) is 8.18. The van der Waals surface area contributed by atoms with Crippen molar-refractivity contribution in [1.82, 2.24) is 4.98 Å². The van der Waals surface area contributed by atoms with Gasteiger partial charge in [-0.25, -0.2) is 4.98 Å². The molecule has 0 bridgehead atoms. The third kappa shape index (κ3) is 6.88. The molecule has 1 nitrogen and oxygen atoms in total. The van der Waals surface area contributed by atoms with Gasteiger partial charge >= 0.3 is 34.4 Å². The number of rotatable bonds is 2. The van der Waals surface area contributed by atoms with E-state index >= 15 is 0 Å². The minimum Gasteiger partial charge on any atom is -0.247 e. The zero-order chi connectivity index (χ0) is 21.2. The van der Waals surface area contributed by atoms with Crippen molar-refractivity contribution in [2.24, 2.45) is 0 Å². The molecule has 0 aliphatic rings. The normalized spacial score (nSPS) is 13.7. The molecular weight excluding hydrogens is 411 g/mol. The van der Waals surface area contributed by atoms with E-state index in [0.717, 1.165) is 16.8 Å². The summed E-state index contributed by atoms with van der Waals surface area (Å²) in [6.45, 7) is 0. The van der Waals surface area contributed by atoms with Gasteiger partial charge < -0.3 is 0 Å². The van der Waals surface area contributed by atoms with Crippen molar-refractivity contribution in [3.05, 3.63) is 91.0 Å². The Morgan fingerprint density at radius 2 is 1.03 bits per heavy atom. The van der Waals surface area contributed by atoms with Crippen LogP contribution in [0.25, 0.3) is 33.3 Å². The number of nitrogens with zero attached hydrogens (tertiary/aromatic N) is 1. The summed E-state index contributed by atoms with van der Waals surface area (Å²) in [6, 6.07) is 31.3. The Morgan fingerprint density at radius 1 is 0.586 bits per heavy atom. The number of halogens is 6. The van der Waals surface area contributed by atoms with Gasteiger partial charge in [0.2, 0.25) is 0 Å². The molecule has 0 aliphatic heterocycles. The summed E-state index contributed by atoms with van der Waals surface area (Å²) in [5.41, 5.74) is 5.57. The Kier molecular flexibility index (Phi) is 4.91. The molecule has 29 heavy (non-hydrogen) atoms. The van der Waals surface area contributed by atoms with E-state index in [9.17, 15) is 25.2 Å². The van der Waals surface area contributed by atoms with Crippen molar-refractivity contribution < 1.29 is 26.6 Å². The quantitative estimate of drug-likeness (QED) is 0.230.